The van der Waals surface area contributed by atoms with Gasteiger partial charge in [0.1, 0.15) is 17.6 Å². The molecule has 0 saturated carbocycles. The molecule has 3 heterocycles. The Morgan fingerprint density at radius 3 is 2.85 bits per heavy atom. The molecule has 1 unspecified atom stereocenters. The topological polar surface area (TPSA) is 106 Å². The van der Waals surface area contributed by atoms with Gasteiger partial charge in [0, 0.05) is 25.8 Å². The maximum Gasteiger partial charge on any atom is 0.314 e. The van der Waals surface area contributed by atoms with Crippen LogP contribution >= 0.6 is 0 Å². The predicted octanol–water partition coefficient (Wildman–Crippen LogP) is 2.09. The average molecular weight is 368 g/mol. The van der Waals surface area contributed by atoms with Gasteiger partial charge in [0.2, 0.25) is 0 Å². The molecule has 0 spiro atoms. The first-order valence-corrected chi connectivity index (χ1v) is 9.16. The standard InChI is InChI=1S/C19H24N6O2/c20-13-15-5-3-7-21-18(15)22-8-9-23-19(26)24-14-16(17-6-4-12-27-17)25-10-1-2-11-25/h3-7,12,16H,1-2,8-11,14H2,(H,21,22)(H2,23,24,26). The zero-order valence-electron chi connectivity index (χ0n) is 15.1. The molecule has 27 heavy (non-hydrogen) atoms. The van der Waals surface area contributed by atoms with E-state index in [1.165, 1.54) is 12.8 Å². The molecule has 2 amide bonds. The van der Waals surface area contributed by atoms with Gasteiger partial charge in [-0.1, -0.05) is 0 Å². The van der Waals surface area contributed by atoms with Crippen molar-refractivity contribution in [3.8, 4) is 6.07 Å². The maximum absolute atomic E-state index is 12.1. The van der Waals surface area contributed by atoms with Gasteiger partial charge < -0.3 is 20.4 Å². The molecule has 1 aliphatic rings. The Bertz CT molecular complexity index is 765. The second-order valence-corrected chi connectivity index (χ2v) is 6.35. The van der Waals surface area contributed by atoms with Crippen LogP contribution in [0.5, 0.6) is 0 Å². The number of furan rings is 1. The van der Waals surface area contributed by atoms with Crippen molar-refractivity contribution >= 4 is 11.8 Å². The number of nitrogens with zero attached hydrogens (tertiary/aromatic N) is 3. The van der Waals surface area contributed by atoms with Crippen LogP contribution < -0.4 is 16.0 Å². The van der Waals surface area contributed by atoms with Crippen molar-refractivity contribution in [1.29, 1.82) is 5.26 Å². The van der Waals surface area contributed by atoms with E-state index in [-0.39, 0.29) is 12.1 Å². The third kappa shape index (κ3) is 5.21. The molecule has 3 N–H and O–H groups in total. The minimum atomic E-state index is -0.228. The highest BCUT2D eigenvalue weighted by atomic mass is 16.3. The Morgan fingerprint density at radius 2 is 2.11 bits per heavy atom. The molecule has 8 nitrogen and oxygen atoms in total. The van der Waals surface area contributed by atoms with Crippen LogP contribution in [0.1, 0.15) is 30.2 Å². The Hall–Kier alpha value is -3.05. The molecule has 1 aliphatic heterocycles. The number of anilines is 1. The number of nitrogens with one attached hydrogen (secondary N) is 3. The smallest absolute Gasteiger partial charge is 0.314 e. The normalized spacial score (nSPS) is 15.1. The highest BCUT2D eigenvalue weighted by Gasteiger charge is 2.25. The Labute approximate surface area is 158 Å². The van der Waals surface area contributed by atoms with E-state index in [1.54, 1.807) is 24.6 Å². The summed E-state index contributed by atoms with van der Waals surface area (Å²) in [4.78, 5) is 18.6. The van der Waals surface area contributed by atoms with Gasteiger partial charge in [0.15, 0.2) is 0 Å². The van der Waals surface area contributed by atoms with Crippen molar-refractivity contribution < 1.29 is 9.21 Å². The molecule has 2 aromatic rings. The highest BCUT2D eigenvalue weighted by Crippen LogP contribution is 2.24. The van der Waals surface area contributed by atoms with Crippen LogP contribution in [0, 0.1) is 11.3 Å². The van der Waals surface area contributed by atoms with Crippen molar-refractivity contribution in [2.45, 2.75) is 18.9 Å². The van der Waals surface area contributed by atoms with Gasteiger partial charge in [0.25, 0.3) is 0 Å². The first-order valence-electron chi connectivity index (χ1n) is 9.16. The van der Waals surface area contributed by atoms with E-state index in [0.29, 0.717) is 31.0 Å². The van der Waals surface area contributed by atoms with E-state index >= 15 is 0 Å². The Balaban J connectivity index is 1.41. The summed E-state index contributed by atoms with van der Waals surface area (Å²) in [7, 11) is 0. The van der Waals surface area contributed by atoms with Crippen LogP contribution in [0.2, 0.25) is 0 Å². The summed E-state index contributed by atoms with van der Waals surface area (Å²) >= 11 is 0. The lowest BCUT2D eigenvalue weighted by Gasteiger charge is -2.26. The van der Waals surface area contributed by atoms with E-state index in [0.717, 1.165) is 18.8 Å². The number of pyridine rings is 1. The predicted molar refractivity (Wildman–Crippen MR) is 101 cm³/mol. The summed E-state index contributed by atoms with van der Waals surface area (Å²) in [6, 6.07) is 9.14. The van der Waals surface area contributed by atoms with Crippen LogP contribution in [-0.4, -0.2) is 48.6 Å². The molecule has 1 saturated heterocycles. The van der Waals surface area contributed by atoms with Gasteiger partial charge in [-0.2, -0.15) is 5.26 Å². The fraction of sp³-hybridized carbons (Fsp3) is 0.421. The van der Waals surface area contributed by atoms with Crippen molar-refractivity contribution in [2.75, 3.05) is 38.0 Å². The molecule has 1 atom stereocenters. The molecule has 0 bridgehead atoms. The third-order valence-electron chi connectivity index (χ3n) is 4.54. The van der Waals surface area contributed by atoms with Crippen LogP contribution in [0.25, 0.3) is 0 Å². The highest BCUT2D eigenvalue weighted by molar-refractivity contribution is 5.73. The first-order chi connectivity index (χ1) is 13.3. The van der Waals surface area contributed by atoms with Gasteiger partial charge in [-0.05, 0) is 50.2 Å². The van der Waals surface area contributed by atoms with Gasteiger partial charge in [0.05, 0.1) is 17.9 Å². The van der Waals surface area contributed by atoms with Crippen molar-refractivity contribution in [3.63, 3.8) is 0 Å². The Kier molecular flexibility index (Phi) is 6.66. The summed E-state index contributed by atoms with van der Waals surface area (Å²) in [6.45, 7) is 3.43. The summed E-state index contributed by atoms with van der Waals surface area (Å²) in [6.07, 6.45) is 5.63. The van der Waals surface area contributed by atoms with E-state index in [2.05, 4.69) is 31.9 Å². The number of amides is 2. The number of nitriles is 1. The quantitative estimate of drug-likeness (QED) is 0.616. The molecule has 0 radical (unpaired) electrons. The SMILES string of the molecule is N#Cc1cccnc1NCCNC(=O)NCC(c1ccco1)N1CCCC1. The number of carbonyl (C=O) groups excluding carboxylic acids is 1. The summed E-state index contributed by atoms with van der Waals surface area (Å²) in [5, 5.41) is 17.8. The molecule has 142 valence electrons. The number of hydrogen-bond acceptors (Lipinski definition) is 6. The fourth-order valence-electron chi connectivity index (χ4n) is 3.19. The number of carbonyl (C=O) groups is 1. The van der Waals surface area contributed by atoms with E-state index in [1.807, 2.05) is 12.1 Å². The minimum absolute atomic E-state index is 0.0538. The second kappa shape index (κ2) is 9.59. The molecule has 1 fully saturated rings. The first kappa shape index (κ1) is 18.7. The summed E-state index contributed by atoms with van der Waals surface area (Å²) < 4.78 is 5.55. The van der Waals surface area contributed by atoms with Crippen LogP contribution in [0.4, 0.5) is 10.6 Å². The van der Waals surface area contributed by atoms with Crippen molar-refractivity contribution in [2.24, 2.45) is 0 Å². The zero-order valence-corrected chi connectivity index (χ0v) is 15.1. The summed E-state index contributed by atoms with van der Waals surface area (Å²) in [5.41, 5.74) is 0.480. The van der Waals surface area contributed by atoms with Gasteiger partial charge >= 0.3 is 6.03 Å². The monoisotopic (exact) mass is 368 g/mol. The fourth-order valence-corrected chi connectivity index (χ4v) is 3.19. The molecule has 8 heteroatoms. The zero-order chi connectivity index (χ0) is 18.9. The molecular weight excluding hydrogens is 344 g/mol. The van der Waals surface area contributed by atoms with Gasteiger partial charge in [-0.15, -0.1) is 0 Å². The van der Waals surface area contributed by atoms with Gasteiger partial charge in [-0.3, -0.25) is 4.90 Å². The summed E-state index contributed by atoms with van der Waals surface area (Å²) in [5.74, 6) is 1.40. The third-order valence-corrected chi connectivity index (χ3v) is 4.54. The largest absolute Gasteiger partial charge is 0.468 e. The molecular formula is C19H24N6O2. The van der Waals surface area contributed by atoms with E-state index in [4.69, 9.17) is 9.68 Å². The number of urea groups is 1. The molecule has 3 rings (SSSR count). The molecule has 2 aromatic heterocycles. The lowest BCUT2D eigenvalue weighted by atomic mass is 10.2. The molecule has 0 aromatic carbocycles. The van der Waals surface area contributed by atoms with Crippen molar-refractivity contribution in [3.05, 3.63) is 48.0 Å². The number of likely N-dealkylation sites (tertiary alicyclic amines) is 1. The van der Waals surface area contributed by atoms with Crippen molar-refractivity contribution in [1.82, 2.24) is 20.5 Å². The number of aromatic nitrogens is 1. The van der Waals surface area contributed by atoms with Gasteiger partial charge in [-0.25, -0.2) is 9.78 Å². The van der Waals surface area contributed by atoms with E-state index in [9.17, 15) is 4.79 Å². The number of hydrogen-bond donors (Lipinski definition) is 3. The maximum atomic E-state index is 12.1. The number of rotatable bonds is 8. The average Bonchev–Trinajstić information content (AvgIpc) is 3.40. The molecule has 0 aliphatic carbocycles. The lowest BCUT2D eigenvalue weighted by molar-refractivity contribution is 0.203. The van der Waals surface area contributed by atoms with E-state index < -0.39 is 0 Å². The minimum Gasteiger partial charge on any atom is -0.468 e. The van der Waals surface area contributed by atoms with Crippen LogP contribution in [0.15, 0.2) is 41.1 Å². The Morgan fingerprint density at radius 1 is 1.26 bits per heavy atom. The van der Waals surface area contributed by atoms with Crippen LogP contribution in [0.3, 0.4) is 0 Å². The lowest BCUT2D eigenvalue weighted by Crippen LogP contribution is -2.42. The van der Waals surface area contributed by atoms with Crippen LogP contribution in [-0.2, 0) is 0 Å². The second-order valence-electron chi connectivity index (χ2n) is 6.35.